The van der Waals surface area contributed by atoms with E-state index in [9.17, 15) is 19.6 Å². The minimum Gasteiger partial charge on any atom is -0.465 e. The van der Waals surface area contributed by atoms with Crippen molar-refractivity contribution in [2.24, 2.45) is 14.1 Å². The molecule has 148 valence electrons. The molecule has 1 N–H and O–H groups in total. The number of ether oxygens (including phenoxy) is 1. The highest BCUT2D eigenvalue weighted by Crippen LogP contribution is 2.31. The third-order valence-electron chi connectivity index (χ3n) is 5.44. The minimum absolute atomic E-state index is 0.0619. The Kier molecular flexibility index (Phi) is 4.27. The van der Waals surface area contributed by atoms with Crippen molar-refractivity contribution in [3.63, 3.8) is 0 Å². The zero-order valence-corrected chi connectivity index (χ0v) is 16.3. The molecule has 1 aliphatic rings. The molecule has 29 heavy (non-hydrogen) atoms. The monoisotopic (exact) mass is 393 g/mol. The lowest BCUT2D eigenvalue weighted by molar-refractivity contribution is 0.0601. The van der Waals surface area contributed by atoms with Crippen molar-refractivity contribution in [3.05, 3.63) is 61.4 Å². The number of nitriles is 1. The molecule has 0 unspecified atom stereocenters. The van der Waals surface area contributed by atoms with Gasteiger partial charge in [0.1, 0.15) is 11.9 Å². The summed E-state index contributed by atoms with van der Waals surface area (Å²) >= 11 is 0. The van der Waals surface area contributed by atoms with E-state index in [2.05, 4.69) is 4.98 Å². The second kappa shape index (κ2) is 6.67. The van der Waals surface area contributed by atoms with Gasteiger partial charge in [0.05, 0.1) is 12.7 Å². The van der Waals surface area contributed by atoms with Crippen molar-refractivity contribution < 1.29 is 9.53 Å². The fourth-order valence-electron chi connectivity index (χ4n) is 3.94. The van der Waals surface area contributed by atoms with E-state index >= 15 is 0 Å². The van der Waals surface area contributed by atoms with E-state index in [1.165, 1.54) is 18.7 Å². The van der Waals surface area contributed by atoms with Gasteiger partial charge in [-0.2, -0.15) is 5.26 Å². The van der Waals surface area contributed by atoms with Crippen LogP contribution in [0.3, 0.4) is 0 Å². The summed E-state index contributed by atoms with van der Waals surface area (Å²) < 4.78 is 7.08. The lowest BCUT2D eigenvalue weighted by Gasteiger charge is -2.31. The highest BCUT2D eigenvalue weighted by molar-refractivity contribution is 5.96. The van der Waals surface area contributed by atoms with E-state index in [0.29, 0.717) is 30.9 Å². The van der Waals surface area contributed by atoms with Crippen LogP contribution in [0, 0.1) is 11.3 Å². The Hall–Kier alpha value is -3.80. The number of hydrogen-bond donors (Lipinski definition) is 1. The standard InChI is InChI=1S/C20H19N5O4/c1-23-17(13(9-21)18(26)24(2)20(23)28)25-7-6-16-14(10-25)12-8-11(19(27)29-3)4-5-15(12)22-16/h4-5,8,22H,6-7,10H2,1-3H3. The number of hydrogen-bond acceptors (Lipinski definition) is 6. The first-order valence-electron chi connectivity index (χ1n) is 9.04. The van der Waals surface area contributed by atoms with Crippen molar-refractivity contribution in [2.45, 2.75) is 13.0 Å². The fraction of sp³-hybridized carbons (Fsp3) is 0.300. The number of methoxy groups -OCH3 is 1. The van der Waals surface area contributed by atoms with Crippen molar-refractivity contribution in [1.29, 1.82) is 5.26 Å². The Balaban J connectivity index is 1.86. The molecule has 3 aromatic rings. The molecule has 9 heteroatoms. The van der Waals surface area contributed by atoms with Gasteiger partial charge in [-0.15, -0.1) is 0 Å². The highest BCUT2D eigenvalue weighted by atomic mass is 16.5. The van der Waals surface area contributed by atoms with Gasteiger partial charge < -0.3 is 14.6 Å². The van der Waals surface area contributed by atoms with Crippen LogP contribution in [0.2, 0.25) is 0 Å². The summed E-state index contributed by atoms with van der Waals surface area (Å²) in [6.07, 6.45) is 0.645. The molecule has 9 nitrogen and oxygen atoms in total. The van der Waals surface area contributed by atoms with Gasteiger partial charge in [0.2, 0.25) is 0 Å². The number of benzene rings is 1. The zero-order valence-electron chi connectivity index (χ0n) is 16.3. The van der Waals surface area contributed by atoms with E-state index in [1.807, 2.05) is 17.0 Å². The van der Waals surface area contributed by atoms with Gasteiger partial charge in [-0.05, 0) is 18.2 Å². The molecular formula is C20H19N5O4. The molecule has 0 saturated carbocycles. The van der Waals surface area contributed by atoms with Gasteiger partial charge >= 0.3 is 11.7 Å². The Morgan fingerprint density at radius 3 is 2.69 bits per heavy atom. The van der Waals surface area contributed by atoms with Gasteiger partial charge in [0.15, 0.2) is 5.56 Å². The Morgan fingerprint density at radius 1 is 1.24 bits per heavy atom. The second-order valence-corrected chi connectivity index (χ2v) is 7.02. The maximum absolute atomic E-state index is 12.4. The van der Waals surface area contributed by atoms with Crippen LogP contribution in [0.1, 0.15) is 27.2 Å². The Morgan fingerprint density at radius 2 is 2.00 bits per heavy atom. The molecule has 3 heterocycles. The predicted molar refractivity (Wildman–Crippen MR) is 106 cm³/mol. The minimum atomic E-state index is -0.608. The van der Waals surface area contributed by atoms with Crippen molar-refractivity contribution in [2.75, 3.05) is 18.6 Å². The number of carbonyl (C=O) groups excluding carboxylic acids is 1. The maximum Gasteiger partial charge on any atom is 0.337 e. The highest BCUT2D eigenvalue weighted by Gasteiger charge is 2.27. The van der Waals surface area contributed by atoms with Crippen LogP contribution in [0.15, 0.2) is 27.8 Å². The smallest absolute Gasteiger partial charge is 0.337 e. The van der Waals surface area contributed by atoms with Gasteiger partial charge in [-0.1, -0.05) is 0 Å². The second-order valence-electron chi connectivity index (χ2n) is 7.02. The maximum atomic E-state index is 12.4. The van der Waals surface area contributed by atoms with Crippen LogP contribution >= 0.6 is 0 Å². The van der Waals surface area contributed by atoms with Crippen LogP contribution in [0.25, 0.3) is 10.9 Å². The molecule has 0 amide bonds. The summed E-state index contributed by atoms with van der Waals surface area (Å²) in [5, 5.41) is 10.4. The molecule has 0 radical (unpaired) electrons. The number of nitrogens with one attached hydrogen (secondary N) is 1. The van der Waals surface area contributed by atoms with Crippen LogP contribution in [-0.2, 0) is 31.8 Å². The number of carbonyl (C=O) groups is 1. The fourth-order valence-corrected chi connectivity index (χ4v) is 3.94. The van der Waals surface area contributed by atoms with Gasteiger partial charge in [-0.25, -0.2) is 9.59 Å². The first-order chi connectivity index (χ1) is 13.9. The van der Waals surface area contributed by atoms with Gasteiger partial charge in [0.25, 0.3) is 5.56 Å². The van der Waals surface area contributed by atoms with Gasteiger partial charge in [-0.3, -0.25) is 13.9 Å². The third kappa shape index (κ3) is 2.72. The number of esters is 1. The predicted octanol–water partition coefficient (Wildman–Crippen LogP) is 0.786. The number of anilines is 1. The summed E-state index contributed by atoms with van der Waals surface area (Å²) in [6, 6.07) is 7.26. The first-order valence-corrected chi connectivity index (χ1v) is 9.04. The number of rotatable bonds is 2. The lowest BCUT2D eigenvalue weighted by Crippen LogP contribution is -2.43. The number of fused-ring (bicyclic) bond motifs is 3. The molecule has 1 aromatic carbocycles. The topological polar surface area (TPSA) is 113 Å². The molecule has 0 atom stereocenters. The molecule has 0 aliphatic carbocycles. The first kappa shape index (κ1) is 18.6. The van der Waals surface area contributed by atoms with Crippen molar-refractivity contribution in [3.8, 4) is 6.07 Å². The summed E-state index contributed by atoms with van der Waals surface area (Å²) in [4.78, 5) is 42.0. The van der Waals surface area contributed by atoms with E-state index in [1.54, 1.807) is 19.2 Å². The molecule has 2 aromatic heterocycles. The summed E-state index contributed by atoms with van der Waals surface area (Å²) in [5.74, 6) is -0.111. The van der Waals surface area contributed by atoms with E-state index < -0.39 is 17.2 Å². The molecule has 0 fully saturated rings. The normalized spacial score (nSPS) is 13.2. The molecule has 1 aliphatic heterocycles. The quantitative estimate of drug-likeness (QED) is 0.644. The van der Waals surface area contributed by atoms with Crippen LogP contribution in [-0.4, -0.2) is 33.7 Å². The van der Waals surface area contributed by atoms with Crippen molar-refractivity contribution >= 4 is 22.7 Å². The molecule has 0 bridgehead atoms. The van der Waals surface area contributed by atoms with E-state index in [-0.39, 0.29) is 5.56 Å². The number of aromatic nitrogens is 3. The molecule has 4 rings (SSSR count). The average Bonchev–Trinajstić information content (AvgIpc) is 3.11. The summed E-state index contributed by atoms with van der Waals surface area (Å²) in [7, 11) is 4.25. The SMILES string of the molecule is COC(=O)c1ccc2[nH]c3c(c2c1)CN(c1c(C#N)c(=O)n(C)c(=O)n1C)CC3. The van der Waals surface area contributed by atoms with Crippen LogP contribution in [0.4, 0.5) is 5.82 Å². The molecule has 0 spiro atoms. The van der Waals surface area contributed by atoms with Crippen LogP contribution < -0.4 is 16.1 Å². The Labute approximate surface area is 165 Å². The molecule has 0 saturated heterocycles. The van der Waals surface area contributed by atoms with Gasteiger partial charge in [0, 0.05) is 55.8 Å². The van der Waals surface area contributed by atoms with E-state index in [4.69, 9.17) is 4.74 Å². The molecular weight excluding hydrogens is 374 g/mol. The third-order valence-corrected chi connectivity index (χ3v) is 5.44. The lowest BCUT2D eigenvalue weighted by atomic mass is 10.0. The van der Waals surface area contributed by atoms with Crippen LogP contribution in [0.5, 0.6) is 0 Å². The number of nitrogens with zero attached hydrogens (tertiary/aromatic N) is 4. The Bertz CT molecular complexity index is 1320. The number of H-pyrrole nitrogens is 1. The summed E-state index contributed by atoms with van der Waals surface area (Å²) in [6.45, 7) is 0.938. The van der Waals surface area contributed by atoms with Crippen molar-refractivity contribution in [1.82, 2.24) is 14.1 Å². The largest absolute Gasteiger partial charge is 0.465 e. The zero-order chi connectivity index (χ0) is 20.9. The number of aromatic amines is 1. The average molecular weight is 393 g/mol. The van der Waals surface area contributed by atoms with E-state index in [0.717, 1.165) is 26.7 Å². The summed E-state index contributed by atoms with van der Waals surface area (Å²) in [5.41, 5.74) is 2.18.